The molecule has 0 N–H and O–H groups in total. The molecular formula is C10H10O2. The summed E-state index contributed by atoms with van der Waals surface area (Å²) < 4.78 is 25.6. The van der Waals surface area contributed by atoms with E-state index in [0.717, 1.165) is 5.56 Å². The lowest BCUT2D eigenvalue weighted by molar-refractivity contribution is 0.0994. The van der Waals surface area contributed by atoms with Crippen LogP contribution in [-0.2, 0) is 6.42 Å². The van der Waals surface area contributed by atoms with Gasteiger partial charge in [-0.2, -0.15) is 0 Å². The fraction of sp³-hybridized carbons (Fsp3) is 0.300. The molecule has 0 spiro atoms. The summed E-state index contributed by atoms with van der Waals surface area (Å²) in [7, 11) is -2.43. The van der Waals surface area contributed by atoms with Crippen molar-refractivity contribution in [3.63, 3.8) is 0 Å². The maximum Gasteiger partial charge on any atom is 0.163 e. The van der Waals surface area contributed by atoms with Gasteiger partial charge in [0.15, 0.2) is 5.78 Å². The normalized spacial score (nSPS) is 19.3. The molecule has 1 aliphatic rings. The van der Waals surface area contributed by atoms with Crippen LogP contribution in [0.4, 0.5) is 0 Å². The van der Waals surface area contributed by atoms with E-state index in [4.69, 9.17) is 8.85 Å². The number of methoxy groups -OCH3 is 1. The highest BCUT2D eigenvalue weighted by Crippen LogP contribution is 2.25. The van der Waals surface area contributed by atoms with E-state index in [2.05, 4.69) is 0 Å². The van der Waals surface area contributed by atoms with Crippen molar-refractivity contribution in [2.45, 2.75) is 12.8 Å². The van der Waals surface area contributed by atoms with Gasteiger partial charge in [0.05, 0.1) is 11.2 Å². The van der Waals surface area contributed by atoms with Gasteiger partial charge in [0.25, 0.3) is 0 Å². The largest absolute Gasteiger partial charge is 0.497 e. The van der Waals surface area contributed by atoms with Crippen LogP contribution in [0.3, 0.4) is 0 Å². The third kappa shape index (κ3) is 0.998. The summed E-state index contributed by atoms with van der Waals surface area (Å²) in [6.07, 6.45) is 1.18. The molecule has 0 bridgehead atoms. The van der Waals surface area contributed by atoms with Crippen molar-refractivity contribution in [3.05, 3.63) is 29.3 Å². The van der Waals surface area contributed by atoms with Crippen molar-refractivity contribution < 1.29 is 13.6 Å². The molecule has 0 aliphatic heterocycles. The van der Waals surface area contributed by atoms with E-state index < -0.39 is 7.04 Å². The molecule has 0 amide bonds. The SMILES string of the molecule is [2H]C([2H])([2H])Oc1ccc2c(c1)CCC2=O. The second-order valence-corrected chi connectivity index (χ2v) is 2.84. The van der Waals surface area contributed by atoms with Gasteiger partial charge in [0.1, 0.15) is 5.75 Å². The number of hydrogen-bond acceptors (Lipinski definition) is 2. The van der Waals surface area contributed by atoms with E-state index in [0.29, 0.717) is 24.2 Å². The summed E-state index contributed by atoms with van der Waals surface area (Å²) in [6, 6.07) is 4.78. The molecule has 1 aromatic carbocycles. The van der Waals surface area contributed by atoms with Crippen LogP contribution in [0.15, 0.2) is 18.2 Å². The Balaban J connectivity index is 2.27. The lowest BCUT2D eigenvalue weighted by atomic mass is 10.1. The molecule has 62 valence electrons. The average Bonchev–Trinajstić information content (AvgIpc) is 2.45. The standard InChI is InChI=1S/C10H10O2/c1-12-8-3-4-9-7(6-8)2-5-10(9)11/h3-4,6H,2,5H2,1H3/i1D3. The van der Waals surface area contributed by atoms with Gasteiger partial charge >= 0.3 is 0 Å². The highest BCUT2D eigenvalue weighted by atomic mass is 16.5. The Kier molecular flexibility index (Phi) is 1.02. The van der Waals surface area contributed by atoms with E-state index >= 15 is 0 Å². The Morgan fingerprint density at radius 1 is 1.50 bits per heavy atom. The molecule has 1 aromatic rings. The summed E-state index contributed by atoms with van der Waals surface area (Å²) in [5.41, 5.74) is 1.56. The maximum atomic E-state index is 11.3. The lowest BCUT2D eigenvalue weighted by Crippen LogP contribution is -1.91. The number of fused-ring (bicyclic) bond motifs is 1. The third-order valence-electron chi connectivity index (χ3n) is 2.12. The summed E-state index contributed by atoms with van der Waals surface area (Å²) in [5.74, 6) is 0.411. The minimum atomic E-state index is -2.43. The van der Waals surface area contributed by atoms with Crippen molar-refractivity contribution in [2.24, 2.45) is 0 Å². The van der Waals surface area contributed by atoms with Crippen molar-refractivity contribution in [2.75, 3.05) is 7.04 Å². The Bertz CT molecular complexity index is 410. The first-order chi connectivity index (χ1) is 6.96. The van der Waals surface area contributed by atoms with Crippen LogP contribution in [0.1, 0.15) is 26.5 Å². The highest BCUT2D eigenvalue weighted by molar-refractivity contribution is 6.00. The first kappa shape index (κ1) is 4.65. The zero-order valence-corrected chi connectivity index (χ0v) is 6.46. The molecule has 2 heteroatoms. The Morgan fingerprint density at radius 2 is 2.42 bits per heavy atom. The third-order valence-corrected chi connectivity index (χ3v) is 2.12. The minimum Gasteiger partial charge on any atom is -0.497 e. The van der Waals surface area contributed by atoms with E-state index in [9.17, 15) is 4.79 Å². The van der Waals surface area contributed by atoms with Crippen LogP contribution in [0.5, 0.6) is 5.75 Å². The summed E-state index contributed by atoms with van der Waals surface area (Å²) in [5, 5.41) is 0. The zero-order valence-electron chi connectivity index (χ0n) is 9.46. The molecule has 0 radical (unpaired) electrons. The average molecular weight is 165 g/mol. The molecule has 2 rings (SSSR count). The Labute approximate surface area is 75.4 Å². The molecule has 0 unspecified atom stereocenters. The second-order valence-electron chi connectivity index (χ2n) is 2.84. The van der Waals surface area contributed by atoms with Crippen LogP contribution in [0.2, 0.25) is 0 Å². The fourth-order valence-corrected chi connectivity index (χ4v) is 1.50. The number of carbonyl (C=O) groups excluding carboxylic acids is 1. The maximum absolute atomic E-state index is 11.3. The number of Topliss-reactive ketones (excluding diaryl/α,β-unsaturated/α-hetero) is 1. The van der Waals surface area contributed by atoms with Gasteiger partial charge in [0, 0.05) is 12.0 Å². The summed E-state index contributed by atoms with van der Waals surface area (Å²) in [6.45, 7) is 0. The summed E-state index contributed by atoms with van der Waals surface area (Å²) in [4.78, 5) is 11.3. The molecule has 0 atom stereocenters. The highest BCUT2D eigenvalue weighted by Gasteiger charge is 2.18. The number of benzene rings is 1. The van der Waals surface area contributed by atoms with Crippen LogP contribution in [0.25, 0.3) is 0 Å². The number of ketones is 1. The van der Waals surface area contributed by atoms with Gasteiger partial charge in [-0.25, -0.2) is 0 Å². The number of ether oxygens (including phenoxy) is 1. The van der Waals surface area contributed by atoms with Crippen LogP contribution in [-0.4, -0.2) is 12.8 Å². The number of hydrogen-bond donors (Lipinski definition) is 0. The lowest BCUT2D eigenvalue weighted by Gasteiger charge is -2.01. The Hall–Kier alpha value is -1.31. The van der Waals surface area contributed by atoms with E-state index in [-0.39, 0.29) is 5.78 Å². The number of carbonyl (C=O) groups is 1. The predicted molar refractivity (Wildman–Crippen MR) is 45.6 cm³/mol. The van der Waals surface area contributed by atoms with E-state index in [1.807, 2.05) is 0 Å². The van der Waals surface area contributed by atoms with Gasteiger partial charge in [-0.3, -0.25) is 4.79 Å². The summed E-state index contributed by atoms with van der Waals surface area (Å²) >= 11 is 0. The molecule has 0 saturated heterocycles. The van der Waals surface area contributed by atoms with Crippen LogP contribution < -0.4 is 4.74 Å². The molecule has 0 heterocycles. The first-order valence-corrected chi connectivity index (χ1v) is 3.81. The monoisotopic (exact) mass is 165 g/mol. The zero-order chi connectivity index (χ0) is 11.1. The predicted octanol–water partition coefficient (Wildman–Crippen LogP) is 1.82. The van der Waals surface area contributed by atoms with E-state index in [1.165, 1.54) is 6.07 Å². The molecular weight excluding hydrogens is 152 g/mol. The van der Waals surface area contributed by atoms with Crippen LogP contribution >= 0.6 is 0 Å². The minimum absolute atomic E-state index is 0.116. The molecule has 1 aliphatic carbocycles. The van der Waals surface area contributed by atoms with Crippen molar-refractivity contribution >= 4 is 5.78 Å². The van der Waals surface area contributed by atoms with Crippen LogP contribution in [0, 0.1) is 0 Å². The molecule has 0 saturated carbocycles. The first-order valence-electron chi connectivity index (χ1n) is 5.31. The quantitative estimate of drug-likeness (QED) is 0.634. The fourth-order valence-electron chi connectivity index (χ4n) is 1.50. The molecule has 12 heavy (non-hydrogen) atoms. The Morgan fingerprint density at radius 3 is 3.25 bits per heavy atom. The molecule has 0 fully saturated rings. The van der Waals surface area contributed by atoms with Gasteiger partial charge < -0.3 is 4.74 Å². The van der Waals surface area contributed by atoms with E-state index in [1.54, 1.807) is 12.1 Å². The number of aryl methyl sites for hydroxylation is 1. The smallest absolute Gasteiger partial charge is 0.163 e. The van der Waals surface area contributed by atoms with Crippen molar-refractivity contribution in [3.8, 4) is 5.75 Å². The second kappa shape index (κ2) is 2.63. The van der Waals surface area contributed by atoms with Gasteiger partial charge in [-0.15, -0.1) is 0 Å². The molecule has 0 aromatic heterocycles. The van der Waals surface area contributed by atoms with Gasteiger partial charge in [0.2, 0.25) is 0 Å². The van der Waals surface area contributed by atoms with Crippen molar-refractivity contribution in [1.29, 1.82) is 0 Å². The number of rotatable bonds is 1. The molecule has 2 nitrogen and oxygen atoms in total. The van der Waals surface area contributed by atoms with Gasteiger partial charge in [-0.05, 0) is 30.2 Å². The topological polar surface area (TPSA) is 26.3 Å². The van der Waals surface area contributed by atoms with Gasteiger partial charge in [-0.1, -0.05) is 0 Å². The van der Waals surface area contributed by atoms with Crippen molar-refractivity contribution in [1.82, 2.24) is 0 Å².